The fraction of sp³-hybridized carbons (Fsp3) is 0.333. The van der Waals surface area contributed by atoms with Crippen LogP contribution >= 0.6 is 0 Å². The van der Waals surface area contributed by atoms with Gasteiger partial charge in [0.25, 0.3) is 0 Å². The number of hydrogen-bond donors (Lipinski definition) is 0. The molecule has 92 valence electrons. The molecule has 2 heterocycles. The lowest BCUT2D eigenvalue weighted by Crippen LogP contribution is -2.21. The van der Waals surface area contributed by atoms with E-state index < -0.39 is 0 Å². The Morgan fingerprint density at radius 2 is 2.22 bits per heavy atom. The van der Waals surface area contributed by atoms with E-state index in [4.69, 9.17) is 0 Å². The molecular weight excluding hydrogens is 224 g/mol. The van der Waals surface area contributed by atoms with Crippen molar-refractivity contribution in [3.8, 4) is 0 Å². The van der Waals surface area contributed by atoms with Gasteiger partial charge >= 0.3 is 0 Å². The molecule has 0 aliphatic carbocycles. The van der Waals surface area contributed by atoms with Crippen molar-refractivity contribution in [1.29, 1.82) is 0 Å². The molecule has 2 aromatic rings. The number of pyridine rings is 1. The quantitative estimate of drug-likeness (QED) is 0.757. The topological polar surface area (TPSA) is 33.2 Å². The molecule has 3 heteroatoms. The maximum absolute atomic E-state index is 11.2. The molecule has 18 heavy (non-hydrogen) atoms. The molecule has 1 aromatic carbocycles. The van der Waals surface area contributed by atoms with E-state index in [0.717, 1.165) is 36.1 Å². The summed E-state index contributed by atoms with van der Waals surface area (Å²) in [6.07, 6.45) is 2.09. The minimum atomic E-state index is 0.678. The molecule has 3 nitrogen and oxygen atoms in total. The Balaban J connectivity index is 2.12. The molecule has 1 fully saturated rings. The van der Waals surface area contributed by atoms with Crippen LogP contribution in [0, 0.1) is 5.92 Å². The maximum Gasteiger partial charge on any atom is 0.153 e. The van der Waals surface area contributed by atoms with Crippen LogP contribution in [0.2, 0.25) is 0 Å². The zero-order chi connectivity index (χ0) is 12.5. The highest BCUT2D eigenvalue weighted by molar-refractivity contribution is 5.91. The Hall–Kier alpha value is -1.90. The van der Waals surface area contributed by atoms with Crippen LogP contribution in [0.1, 0.15) is 23.7 Å². The van der Waals surface area contributed by atoms with Crippen LogP contribution in [0.25, 0.3) is 10.9 Å². The molecule has 0 saturated carbocycles. The average molecular weight is 240 g/mol. The number of rotatable bonds is 2. The van der Waals surface area contributed by atoms with Crippen LogP contribution in [0.5, 0.6) is 0 Å². The van der Waals surface area contributed by atoms with E-state index in [1.54, 1.807) is 0 Å². The van der Waals surface area contributed by atoms with E-state index in [2.05, 4.69) is 16.8 Å². The van der Waals surface area contributed by atoms with E-state index in [0.29, 0.717) is 11.5 Å². The smallest absolute Gasteiger partial charge is 0.153 e. The number of anilines is 1. The average Bonchev–Trinajstić information content (AvgIpc) is 2.83. The summed E-state index contributed by atoms with van der Waals surface area (Å²) in [6, 6.07) is 9.87. The molecule has 0 radical (unpaired) electrons. The van der Waals surface area contributed by atoms with Crippen molar-refractivity contribution in [3.05, 3.63) is 35.9 Å². The first kappa shape index (κ1) is 11.2. The molecule has 0 bridgehead atoms. The van der Waals surface area contributed by atoms with E-state index in [-0.39, 0.29) is 0 Å². The molecule has 1 aliphatic heterocycles. The summed E-state index contributed by atoms with van der Waals surface area (Å²) in [5, 5.41) is 1.02. The minimum Gasteiger partial charge on any atom is -0.356 e. The van der Waals surface area contributed by atoms with E-state index in [1.165, 1.54) is 6.42 Å². The first-order valence-electron chi connectivity index (χ1n) is 6.38. The largest absolute Gasteiger partial charge is 0.356 e. The summed E-state index contributed by atoms with van der Waals surface area (Å²) in [5.41, 5.74) is 1.65. The molecule has 0 N–H and O–H groups in total. The first-order valence-corrected chi connectivity index (χ1v) is 6.38. The van der Waals surface area contributed by atoms with Gasteiger partial charge in [-0.15, -0.1) is 0 Å². The van der Waals surface area contributed by atoms with Crippen LogP contribution in [0.15, 0.2) is 30.3 Å². The van der Waals surface area contributed by atoms with E-state index >= 15 is 0 Å². The van der Waals surface area contributed by atoms with Crippen molar-refractivity contribution in [3.63, 3.8) is 0 Å². The van der Waals surface area contributed by atoms with Gasteiger partial charge in [-0.3, -0.25) is 4.79 Å². The van der Waals surface area contributed by atoms with Crippen molar-refractivity contribution >= 4 is 23.0 Å². The highest BCUT2D eigenvalue weighted by Gasteiger charge is 2.22. The van der Waals surface area contributed by atoms with E-state index in [9.17, 15) is 4.79 Å². The summed E-state index contributed by atoms with van der Waals surface area (Å²) in [4.78, 5) is 18.1. The number of benzene rings is 1. The summed E-state index contributed by atoms with van der Waals surface area (Å²) < 4.78 is 0. The lowest BCUT2D eigenvalue weighted by Gasteiger charge is -2.19. The summed E-state index contributed by atoms with van der Waals surface area (Å²) >= 11 is 0. The van der Waals surface area contributed by atoms with Gasteiger partial charge in [-0.2, -0.15) is 0 Å². The summed E-state index contributed by atoms with van der Waals surface area (Å²) in [6.45, 7) is 4.22. The van der Waals surface area contributed by atoms with Crippen molar-refractivity contribution in [2.75, 3.05) is 18.0 Å². The second kappa shape index (κ2) is 4.41. The van der Waals surface area contributed by atoms with Crippen LogP contribution in [-0.2, 0) is 0 Å². The lowest BCUT2D eigenvalue weighted by molar-refractivity contribution is 0.112. The van der Waals surface area contributed by atoms with E-state index in [1.807, 2.05) is 30.3 Å². The first-order chi connectivity index (χ1) is 8.78. The zero-order valence-corrected chi connectivity index (χ0v) is 10.5. The van der Waals surface area contributed by atoms with Gasteiger partial charge in [-0.05, 0) is 24.5 Å². The predicted molar refractivity (Wildman–Crippen MR) is 73.1 cm³/mol. The molecule has 1 aromatic heterocycles. The Morgan fingerprint density at radius 1 is 1.39 bits per heavy atom. The highest BCUT2D eigenvalue weighted by Crippen LogP contribution is 2.27. The minimum absolute atomic E-state index is 0.678. The van der Waals surface area contributed by atoms with Gasteiger partial charge in [0.15, 0.2) is 6.29 Å². The van der Waals surface area contributed by atoms with Crippen molar-refractivity contribution in [2.24, 2.45) is 5.92 Å². The second-order valence-electron chi connectivity index (χ2n) is 5.05. The number of carbonyl (C=O) groups is 1. The maximum atomic E-state index is 11.2. The standard InChI is InChI=1S/C15H16N2O/c1-11-6-7-17(9-11)15-13(10-18)8-12-4-2-3-5-14(12)16-15/h2-5,8,10-11H,6-7,9H2,1H3. The molecule has 1 atom stereocenters. The normalized spacial score (nSPS) is 19.4. The number of nitrogens with zero attached hydrogens (tertiary/aromatic N) is 2. The molecule has 1 aliphatic rings. The van der Waals surface area contributed by atoms with Crippen LogP contribution < -0.4 is 4.90 Å². The Kier molecular flexibility index (Phi) is 2.74. The molecule has 0 amide bonds. The molecular formula is C15H16N2O. The van der Waals surface area contributed by atoms with Crippen molar-refractivity contribution in [2.45, 2.75) is 13.3 Å². The Bertz CT molecular complexity index is 594. The van der Waals surface area contributed by atoms with Crippen molar-refractivity contribution in [1.82, 2.24) is 4.98 Å². The van der Waals surface area contributed by atoms with Gasteiger partial charge < -0.3 is 4.90 Å². The van der Waals surface area contributed by atoms with Gasteiger partial charge in [0.2, 0.25) is 0 Å². The third-order valence-corrected chi connectivity index (χ3v) is 3.58. The molecule has 3 rings (SSSR count). The van der Waals surface area contributed by atoms with Gasteiger partial charge in [0.05, 0.1) is 11.1 Å². The van der Waals surface area contributed by atoms with Gasteiger partial charge in [-0.25, -0.2) is 4.98 Å². The summed E-state index contributed by atoms with van der Waals surface area (Å²) in [7, 11) is 0. The Morgan fingerprint density at radius 3 is 2.94 bits per heavy atom. The third kappa shape index (κ3) is 1.86. The van der Waals surface area contributed by atoms with Crippen LogP contribution in [0.4, 0.5) is 5.82 Å². The number of aromatic nitrogens is 1. The highest BCUT2D eigenvalue weighted by atomic mass is 16.1. The number of para-hydroxylation sites is 1. The fourth-order valence-electron chi connectivity index (χ4n) is 2.59. The molecule has 0 spiro atoms. The van der Waals surface area contributed by atoms with Crippen LogP contribution in [0.3, 0.4) is 0 Å². The van der Waals surface area contributed by atoms with Crippen LogP contribution in [-0.4, -0.2) is 24.4 Å². The predicted octanol–water partition coefficient (Wildman–Crippen LogP) is 2.89. The number of fused-ring (bicyclic) bond motifs is 1. The SMILES string of the molecule is CC1CCN(c2nc3ccccc3cc2C=O)C1. The zero-order valence-electron chi connectivity index (χ0n) is 10.5. The number of aldehydes is 1. The molecule has 1 saturated heterocycles. The van der Waals surface area contributed by atoms with Gasteiger partial charge in [0, 0.05) is 18.5 Å². The van der Waals surface area contributed by atoms with Gasteiger partial charge in [0.1, 0.15) is 5.82 Å². The third-order valence-electron chi connectivity index (χ3n) is 3.58. The number of carbonyl (C=O) groups excluding carboxylic acids is 1. The van der Waals surface area contributed by atoms with Crippen molar-refractivity contribution < 1.29 is 4.79 Å². The Labute approximate surface area is 106 Å². The summed E-state index contributed by atoms with van der Waals surface area (Å²) in [5.74, 6) is 1.52. The fourth-order valence-corrected chi connectivity index (χ4v) is 2.59. The monoisotopic (exact) mass is 240 g/mol. The second-order valence-corrected chi connectivity index (χ2v) is 5.05. The molecule has 1 unspecified atom stereocenters. The number of hydrogen-bond acceptors (Lipinski definition) is 3. The van der Waals surface area contributed by atoms with Gasteiger partial charge in [-0.1, -0.05) is 25.1 Å². The lowest BCUT2D eigenvalue weighted by atomic mass is 10.1.